The highest BCUT2D eigenvalue weighted by Gasteiger charge is 2.57. The second-order valence-electron chi connectivity index (χ2n) is 9.65. The van der Waals surface area contributed by atoms with E-state index in [2.05, 4.69) is 13.8 Å². The van der Waals surface area contributed by atoms with E-state index in [0.29, 0.717) is 6.61 Å². The standard InChI is InChI=1S/C24H42O2/c1-3-19-26-22(25)24(15-9-6-10-16-24)23(4-2)17-13-21(14-18-23)20-11-7-5-8-12-20/h20-21H,3-19H2,1-2H3. The summed E-state index contributed by atoms with van der Waals surface area (Å²) >= 11 is 0. The van der Waals surface area contributed by atoms with E-state index in [1.807, 2.05) is 0 Å². The SMILES string of the molecule is CCCOC(=O)C1(C2(CC)CCC(C3CCCCC3)CC2)CCCCC1. The predicted octanol–water partition coefficient (Wildman–Crippen LogP) is 7.06. The van der Waals surface area contributed by atoms with E-state index in [9.17, 15) is 4.79 Å². The summed E-state index contributed by atoms with van der Waals surface area (Å²) in [4.78, 5) is 13.3. The summed E-state index contributed by atoms with van der Waals surface area (Å²) < 4.78 is 5.82. The molecule has 0 unspecified atom stereocenters. The van der Waals surface area contributed by atoms with Gasteiger partial charge in [0.05, 0.1) is 12.0 Å². The number of hydrogen-bond donors (Lipinski definition) is 0. The Balaban J connectivity index is 1.74. The molecular formula is C24H42O2. The third kappa shape index (κ3) is 3.85. The minimum atomic E-state index is -0.174. The van der Waals surface area contributed by atoms with Gasteiger partial charge in [0.15, 0.2) is 0 Å². The highest BCUT2D eigenvalue weighted by Crippen LogP contribution is 2.60. The van der Waals surface area contributed by atoms with Crippen LogP contribution in [0.25, 0.3) is 0 Å². The summed E-state index contributed by atoms with van der Waals surface area (Å²) in [5, 5.41) is 0. The van der Waals surface area contributed by atoms with Gasteiger partial charge in [-0.1, -0.05) is 65.2 Å². The lowest BCUT2D eigenvalue weighted by atomic mass is 9.49. The van der Waals surface area contributed by atoms with E-state index in [0.717, 1.165) is 37.5 Å². The van der Waals surface area contributed by atoms with Crippen LogP contribution >= 0.6 is 0 Å². The van der Waals surface area contributed by atoms with Gasteiger partial charge in [-0.15, -0.1) is 0 Å². The zero-order chi connectivity index (χ0) is 18.5. The Morgan fingerprint density at radius 3 is 1.96 bits per heavy atom. The molecule has 0 aromatic carbocycles. The van der Waals surface area contributed by atoms with Crippen molar-refractivity contribution in [3.63, 3.8) is 0 Å². The molecule has 26 heavy (non-hydrogen) atoms. The third-order valence-corrected chi connectivity index (χ3v) is 8.53. The molecular weight excluding hydrogens is 320 g/mol. The van der Waals surface area contributed by atoms with Crippen molar-refractivity contribution in [3.05, 3.63) is 0 Å². The van der Waals surface area contributed by atoms with E-state index in [-0.39, 0.29) is 16.8 Å². The lowest BCUT2D eigenvalue weighted by molar-refractivity contribution is -0.174. The lowest BCUT2D eigenvalue weighted by Gasteiger charge is -2.54. The monoisotopic (exact) mass is 362 g/mol. The van der Waals surface area contributed by atoms with Crippen LogP contribution in [0.5, 0.6) is 0 Å². The van der Waals surface area contributed by atoms with Crippen LogP contribution in [0.15, 0.2) is 0 Å². The summed E-state index contributed by atoms with van der Waals surface area (Å²) in [6.45, 7) is 5.06. The molecule has 0 aliphatic heterocycles. The summed E-state index contributed by atoms with van der Waals surface area (Å²) in [5.74, 6) is 2.08. The maximum absolute atomic E-state index is 13.3. The first-order valence-electron chi connectivity index (χ1n) is 11.8. The van der Waals surface area contributed by atoms with Gasteiger partial charge in [-0.2, -0.15) is 0 Å². The van der Waals surface area contributed by atoms with Gasteiger partial charge in [-0.3, -0.25) is 4.79 Å². The molecule has 0 heterocycles. The Bertz CT molecular complexity index is 435. The second-order valence-corrected chi connectivity index (χ2v) is 9.65. The van der Waals surface area contributed by atoms with Crippen molar-refractivity contribution in [2.24, 2.45) is 22.7 Å². The molecule has 0 N–H and O–H groups in total. The van der Waals surface area contributed by atoms with Gasteiger partial charge >= 0.3 is 5.97 Å². The van der Waals surface area contributed by atoms with Crippen molar-refractivity contribution in [1.82, 2.24) is 0 Å². The fourth-order valence-electron chi connectivity index (χ4n) is 6.88. The molecule has 0 aromatic rings. The first kappa shape index (κ1) is 20.2. The number of carbonyl (C=O) groups is 1. The highest BCUT2D eigenvalue weighted by molar-refractivity contribution is 5.78. The van der Waals surface area contributed by atoms with Crippen LogP contribution in [0.3, 0.4) is 0 Å². The normalized spacial score (nSPS) is 32.9. The summed E-state index contributed by atoms with van der Waals surface area (Å²) in [6.07, 6.45) is 20.5. The smallest absolute Gasteiger partial charge is 0.312 e. The highest BCUT2D eigenvalue weighted by atomic mass is 16.5. The third-order valence-electron chi connectivity index (χ3n) is 8.53. The molecule has 0 aromatic heterocycles. The van der Waals surface area contributed by atoms with Crippen molar-refractivity contribution in [3.8, 4) is 0 Å². The number of esters is 1. The van der Waals surface area contributed by atoms with Crippen LogP contribution in [0.2, 0.25) is 0 Å². The van der Waals surface area contributed by atoms with E-state index in [1.165, 1.54) is 77.0 Å². The minimum Gasteiger partial charge on any atom is -0.465 e. The average Bonchev–Trinajstić information content (AvgIpc) is 2.73. The molecule has 3 fully saturated rings. The summed E-state index contributed by atoms with van der Waals surface area (Å²) in [6, 6.07) is 0. The van der Waals surface area contributed by atoms with Gasteiger partial charge < -0.3 is 4.74 Å². The first-order valence-corrected chi connectivity index (χ1v) is 11.8. The van der Waals surface area contributed by atoms with Crippen molar-refractivity contribution in [2.75, 3.05) is 6.61 Å². The van der Waals surface area contributed by atoms with Crippen molar-refractivity contribution < 1.29 is 9.53 Å². The van der Waals surface area contributed by atoms with E-state index in [4.69, 9.17) is 4.74 Å². The molecule has 3 aliphatic carbocycles. The van der Waals surface area contributed by atoms with Gasteiger partial charge in [0, 0.05) is 0 Å². The number of ether oxygens (including phenoxy) is 1. The molecule has 2 heteroatoms. The fraction of sp³-hybridized carbons (Fsp3) is 0.958. The maximum atomic E-state index is 13.3. The number of carbonyl (C=O) groups excluding carboxylic acids is 1. The van der Waals surface area contributed by atoms with Gasteiger partial charge in [0.2, 0.25) is 0 Å². The molecule has 0 spiro atoms. The summed E-state index contributed by atoms with van der Waals surface area (Å²) in [5.41, 5.74) is 0.0378. The molecule has 3 aliphatic rings. The Kier molecular flexibility index (Phi) is 7.08. The topological polar surface area (TPSA) is 26.3 Å². The first-order chi connectivity index (χ1) is 12.7. The zero-order valence-corrected chi connectivity index (χ0v) is 17.5. The Hall–Kier alpha value is -0.530. The Labute approximate surface area is 161 Å². The van der Waals surface area contributed by atoms with Crippen molar-refractivity contribution in [2.45, 2.75) is 117 Å². The molecule has 0 radical (unpaired) electrons. The van der Waals surface area contributed by atoms with Gasteiger partial charge in [-0.05, 0) is 68.6 Å². The quantitative estimate of drug-likeness (QED) is 0.473. The van der Waals surface area contributed by atoms with Crippen LogP contribution in [0.4, 0.5) is 0 Å². The van der Waals surface area contributed by atoms with Crippen LogP contribution in [0.1, 0.15) is 117 Å². The van der Waals surface area contributed by atoms with Crippen LogP contribution in [0, 0.1) is 22.7 Å². The van der Waals surface area contributed by atoms with Crippen LogP contribution in [-0.4, -0.2) is 12.6 Å². The Morgan fingerprint density at radius 1 is 0.808 bits per heavy atom. The van der Waals surface area contributed by atoms with E-state index in [1.54, 1.807) is 0 Å². The molecule has 150 valence electrons. The predicted molar refractivity (Wildman–Crippen MR) is 108 cm³/mol. The summed E-state index contributed by atoms with van der Waals surface area (Å²) in [7, 11) is 0. The zero-order valence-electron chi connectivity index (χ0n) is 17.5. The van der Waals surface area contributed by atoms with Gasteiger partial charge in [0.25, 0.3) is 0 Å². The second kappa shape index (κ2) is 9.11. The van der Waals surface area contributed by atoms with Crippen LogP contribution in [-0.2, 0) is 9.53 Å². The molecule has 0 atom stereocenters. The fourth-order valence-corrected chi connectivity index (χ4v) is 6.88. The largest absolute Gasteiger partial charge is 0.465 e. The minimum absolute atomic E-state index is 0.164. The lowest BCUT2D eigenvalue weighted by Crippen LogP contribution is -2.51. The number of rotatable bonds is 6. The van der Waals surface area contributed by atoms with Crippen LogP contribution < -0.4 is 0 Å². The molecule has 0 bridgehead atoms. The molecule has 3 saturated carbocycles. The maximum Gasteiger partial charge on any atom is 0.312 e. The van der Waals surface area contributed by atoms with Crippen molar-refractivity contribution >= 4 is 5.97 Å². The van der Waals surface area contributed by atoms with Gasteiger partial charge in [-0.25, -0.2) is 0 Å². The number of hydrogen-bond acceptors (Lipinski definition) is 2. The molecule has 2 nitrogen and oxygen atoms in total. The average molecular weight is 363 g/mol. The molecule has 0 saturated heterocycles. The molecule has 0 amide bonds. The van der Waals surface area contributed by atoms with E-state index < -0.39 is 0 Å². The van der Waals surface area contributed by atoms with E-state index >= 15 is 0 Å². The molecule has 3 rings (SSSR count). The Morgan fingerprint density at radius 2 is 1.38 bits per heavy atom. The van der Waals surface area contributed by atoms with Crippen molar-refractivity contribution in [1.29, 1.82) is 0 Å². The van der Waals surface area contributed by atoms with Gasteiger partial charge in [0.1, 0.15) is 0 Å².